The van der Waals surface area contributed by atoms with Crippen LogP contribution in [0.1, 0.15) is 45.4 Å². The number of hydrogen-bond donors (Lipinski definition) is 1. The number of anilines is 1. The molecule has 0 bridgehead atoms. The van der Waals surface area contributed by atoms with Gasteiger partial charge in [-0.05, 0) is 56.2 Å². The van der Waals surface area contributed by atoms with Crippen LogP contribution in [0.5, 0.6) is 0 Å². The van der Waals surface area contributed by atoms with Gasteiger partial charge < -0.3 is 15.4 Å². The predicted molar refractivity (Wildman–Crippen MR) is 99.9 cm³/mol. The Hall–Kier alpha value is -1.58. The second-order valence-electron chi connectivity index (χ2n) is 7.06. The maximum atomic E-state index is 12.4. The van der Waals surface area contributed by atoms with Crippen molar-refractivity contribution in [2.75, 3.05) is 18.8 Å². The molecular weight excluding hydrogens is 421 g/mol. The highest BCUT2D eigenvalue weighted by atomic mass is 127. The number of halogens is 1. The number of hydrogen-bond acceptors (Lipinski definition) is 5. The summed E-state index contributed by atoms with van der Waals surface area (Å²) >= 11 is 2.18. The fraction of sp³-hybridized carbons (Fsp3) is 0.562. The van der Waals surface area contributed by atoms with Gasteiger partial charge in [-0.1, -0.05) is 0 Å². The largest absolute Gasteiger partial charge is 0.444 e. The Morgan fingerprint density at radius 2 is 2.21 bits per heavy atom. The van der Waals surface area contributed by atoms with E-state index in [9.17, 15) is 4.79 Å². The molecule has 2 N–H and O–H groups in total. The smallest absolute Gasteiger partial charge is 0.410 e. The number of carbonyl (C=O) groups excluding carboxylic acids is 1. The minimum Gasteiger partial charge on any atom is -0.444 e. The van der Waals surface area contributed by atoms with Crippen LogP contribution in [0.25, 0.3) is 5.52 Å². The summed E-state index contributed by atoms with van der Waals surface area (Å²) in [7, 11) is 0. The number of fused-ring (bicyclic) bond motifs is 1. The third kappa shape index (κ3) is 3.42. The Balaban J connectivity index is 1.86. The zero-order valence-electron chi connectivity index (χ0n) is 14.1. The molecule has 0 aromatic carbocycles. The van der Waals surface area contributed by atoms with Crippen molar-refractivity contribution in [1.82, 2.24) is 19.3 Å². The number of likely N-dealkylation sites (tertiary alicyclic amines) is 1. The molecule has 2 aromatic rings. The van der Waals surface area contributed by atoms with E-state index >= 15 is 0 Å². The van der Waals surface area contributed by atoms with Crippen LogP contribution in [-0.2, 0) is 4.74 Å². The predicted octanol–water partition coefficient (Wildman–Crippen LogP) is 3.03. The van der Waals surface area contributed by atoms with E-state index in [1.54, 1.807) is 11.1 Å². The average molecular weight is 443 g/mol. The van der Waals surface area contributed by atoms with Crippen molar-refractivity contribution in [2.45, 2.75) is 45.1 Å². The first kappa shape index (κ1) is 17.2. The van der Waals surface area contributed by atoms with Crippen LogP contribution in [0, 0.1) is 3.70 Å². The first-order valence-corrected chi connectivity index (χ1v) is 9.10. The maximum absolute atomic E-state index is 12.4. The Morgan fingerprint density at radius 3 is 2.92 bits per heavy atom. The molecule has 1 unspecified atom stereocenters. The lowest BCUT2D eigenvalue weighted by Crippen LogP contribution is -2.42. The monoisotopic (exact) mass is 443 g/mol. The zero-order chi connectivity index (χ0) is 17.5. The van der Waals surface area contributed by atoms with Crippen molar-refractivity contribution in [2.24, 2.45) is 0 Å². The van der Waals surface area contributed by atoms with Gasteiger partial charge in [0.2, 0.25) is 0 Å². The zero-order valence-corrected chi connectivity index (χ0v) is 16.3. The number of carbonyl (C=O) groups is 1. The minimum absolute atomic E-state index is 0.157. The molecule has 2 aromatic heterocycles. The third-order valence-electron chi connectivity index (χ3n) is 4.01. The van der Waals surface area contributed by atoms with Crippen molar-refractivity contribution in [3.05, 3.63) is 21.9 Å². The average Bonchev–Trinajstić information content (AvgIpc) is 2.84. The van der Waals surface area contributed by atoms with E-state index in [0.717, 1.165) is 34.4 Å². The lowest BCUT2D eigenvalue weighted by molar-refractivity contribution is 0.0195. The van der Waals surface area contributed by atoms with Gasteiger partial charge in [0.15, 0.2) is 5.82 Å². The summed E-state index contributed by atoms with van der Waals surface area (Å²) in [5, 5.41) is 0. The van der Waals surface area contributed by atoms with Gasteiger partial charge in [0.05, 0.1) is 0 Å². The third-order valence-corrected chi connectivity index (χ3v) is 4.76. The van der Waals surface area contributed by atoms with E-state index in [4.69, 9.17) is 15.5 Å². The molecule has 3 rings (SSSR count). The molecule has 1 saturated heterocycles. The fourth-order valence-corrected chi connectivity index (χ4v) is 3.79. The molecule has 1 amide bonds. The van der Waals surface area contributed by atoms with Crippen molar-refractivity contribution in [3.63, 3.8) is 0 Å². The summed E-state index contributed by atoms with van der Waals surface area (Å²) in [5.74, 6) is 1.56. The highest BCUT2D eigenvalue weighted by Crippen LogP contribution is 2.30. The molecule has 0 radical (unpaired) electrons. The minimum atomic E-state index is -0.487. The van der Waals surface area contributed by atoms with E-state index in [0.29, 0.717) is 12.4 Å². The number of piperidine rings is 1. The molecule has 1 aliphatic rings. The first-order valence-electron chi connectivity index (χ1n) is 8.02. The van der Waals surface area contributed by atoms with Crippen LogP contribution in [0.2, 0.25) is 0 Å². The molecule has 1 atom stereocenters. The van der Waals surface area contributed by atoms with Gasteiger partial charge in [-0.25, -0.2) is 14.8 Å². The maximum Gasteiger partial charge on any atom is 0.410 e. The van der Waals surface area contributed by atoms with E-state index < -0.39 is 5.60 Å². The highest BCUT2D eigenvalue weighted by molar-refractivity contribution is 14.1. The topological polar surface area (TPSA) is 85.8 Å². The molecular formula is C16H22IN5O2. The van der Waals surface area contributed by atoms with Crippen LogP contribution in [0.15, 0.2) is 12.4 Å². The van der Waals surface area contributed by atoms with Gasteiger partial charge >= 0.3 is 6.09 Å². The number of aromatic nitrogens is 3. The molecule has 0 spiro atoms. The molecule has 8 heteroatoms. The molecule has 7 nitrogen and oxygen atoms in total. The van der Waals surface area contributed by atoms with Crippen LogP contribution < -0.4 is 5.73 Å². The van der Waals surface area contributed by atoms with Crippen LogP contribution in [0.4, 0.5) is 10.6 Å². The molecule has 24 heavy (non-hydrogen) atoms. The number of nitrogens with zero attached hydrogens (tertiary/aromatic N) is 4. The standard InChI is InChI=1S/C16H22IN5O2/c1-16(2,3)24-15(23)21-7-4-5-10(9-21)14-20-12(17)11-13(18)19-6-8-22(11)14/h6,8,10H,4-5,7,9H2,1-3H3,(H2,18,19). The quantitative estimate of drug-likeness (QED) is 0.685. The van der Waals surface area contributed by atoms with E-state index in [2.05, 4.69) is 27.6 Å². The van der Waals surface area contributed by atoms with Gasteiger partial charge in [0.25, 0.3) is 0 Å². The first-order chi connectivity index (χ1) is 11.3. The molecule has 3 heterocycles. The summed E-state index contributed by atoms with van der Waals surface area (Å²) in [6.45, 7) is 6.97. The van der Waals surface area contributed by atoms with Crippen molar-refractivity contribution < 1.29 is 9.53 Å². The molecule has 0 saturated carbocycles. The van der Waals surface area contributed by atoms with Crippen LogP contribution in [0.3, 0.4) is 0 Å². The number of ether oxygens (including phenoxy) is 1. The van der Waals surface area contributed by atoms with Crippen LogP contribution >= 0.6 is 22.6 Å². The number of nitrogen functional groups attached to an aromatic ring is 1. The number of rotatable bonds is 1. The Bertz CT molecular complexity index is 768. The van der Waals surface area contributed by atoms with Gasteiger partial charge in [-0.15, -0.1) is 0 Å². The Morgan fingerprint density at radius 1 is 1.46 bits per heavy atom. The lowest BCUT2D eigenvalue weighted by atomic mass is 9.97. The van der Waals surface area contributed by atoms with Crippen molar-refractivity contribution in [1.29, 1.82) is 0 Å². The Labute approximate surface area is 154 Å². The van der Waals surface area contributed by atoms with Crippen molar-refractivity contribution in [3.8, 4) is 0 Å². The lowest BCUT2D eigenvalue weighted by Gasteiger charge is -2.33. The molecule has 0 aliphatic carbocycles. The molecule has 130 valence electrons. The summed E-state index contributed by atoms with van der Waals surface area (Å²) in [5.41, 5.74) is 6.33. The summed E-state index contributed by atoms with van der Waals surface area (Å²) < 4.78 is 8.33. The van der Waals surface area contributed by atoms with E-state index in [-0.39, 0.29) is 12.0 Å². The second-order valence-corrected chi connectivity index (χ2v) is 8.08. The molecule has 1 fully saturated rings. The summed E-state index contributed by atoms with van der Waals surface area (Å²) in [6.07, 6.45) is 5.21. The van der Waals surface area contributed by atoms with E-state index in [1.807, 2.05) is 31.4 Å². The fourth-order valence-electron chi connectivity index (χ4n) is 3.01. The van der Waals surface area contributed by atoms with Gasteiger partial charge in [0, 0.05) is 31.4 Å². The summed E-state index contributed by atoms with van der Waals surface area (Å²) in [4.78, 5) is 23.0. The summed E-state index contributed by atoms with van der Waals surface area (Å²) in [6, 6.07) is 0. The SMILES string of the molecule is CC(C)(C)OC(=O)N1CCCC(c2nc(I)c3c(N)nccn23)C1. The normalized spacial score (nSPS) is 18.8. The van der Waals surface area contributed by atoms with E-state index in [1.165, 1.54) is 0 Å². The molecule has 1 aliphatic heterocycles. The highest BCUT2D eigenvalue weighted by Gasteiger charge is 2.31. The number of nitrogens with two attached hydrogens (primary N) is 1. The Kier molecular flexibility index (Phi) is 4.58. The van der Waals surface area contributed by atoms with Gasteiger partial charge in [-0.3, -0.25) is 4.40 Å². The van der Waals surface area contributed by atoms with Gasteiger partial charge in [-0.2, -0.15) is 0 Å². The second kappa shape index (κ2) is 6.38. The van der Waals surface area contributed by atoms with Crippen molar-refractivity contribution >= 4 is 40.0 Å². The van der Waals surface area contributed by atoms with Gasteiger partial charge in [0.1, 0.15) is 20.6 Å². The van der Waals surface area contributed by atoms with Crippen LogP contribution in [-0.4, -0.2) is 44.1 Å². The number of amides is 1. The number of imidazole rings is 1.